The molecule has 0 saturated carbocycles. The third-order valence-electron chi connectivity index (χ3n) is 6.71. The number of quaternary nitrogens is 1. The summed E-state index contributed by atoms with van der Waals surface area (Å²) in [5, 5.41) is 0. The van der Waals surface area contributed by atoms with Gasteiger partial charge >= 0.3 is 15.9 Å². The molecular formula is C31H30NO4S+. The molecule has 0 aliphatic carbocycles. The van der Waals surface area contributed by atoms with Crippen molar-refractivity contribution in [3.63, 3.8) is 0 Å². The molecule has 188 valence electrons. The molecule has 0 aliphatic rings. The van der Waals surface area contributed by atoms with Crippen molar-refractivity contribution in [3.8, 4) is 11.1 Å². The van der Waals surface area contributed by atoms with Crippen LogP contribution >= 0.6 is 0 Å². The highest BCUT2D eigenvalue weighted by Crippen LogP contribution is 2.31. The van der Waals surface area contributed by atoms with Crippen LogP contribution in [-0.4, -0.2) is 37.6 Å². The molecule has 4 rings (SSSR count). The van der Waals surface area contributed by atoms with Crippen molar-refractivity contribution in [3.05, 3.63) is 125 Å². The molecule has 6 heteroatoms. The van der Waals surface area contributed by atoms with Gasteiger partial charge in [0.1, 0.15) is 4.90 Å². The van der Waals surface area contributed by atoms with Crippen molar-refractivity contribution in [1.29, 1.82) is 0 Å². The highest BCUT2D eigenvalue weighted by Gasteiger charge is 2.52. The van der Waals surface area contributed by atoms with Crippen molar-refractivity contribution in [2.45, 2.75) is 31.2 Å². The minimum Gasteiger partial charge on any atom is -0.297 e. The Bertz CT molecular complexity index is 1490. The lowest BCUT2D eigenvalue weighted by atomic mass is 10.00. The topological polar surface area (TPSA) is 68.3 Å². The summed E-state index contributed by atoms with van der Waals surface area (Å²) < 4.78 is 27.0. The lowest BCUT2D eigenvalue weighted by molar-refractivity contribution is -0.715. The Kier molecular flexibility index (Phi) is 7.52. The second-order valence-electron chi connectivity index (χ2n) is 9.43. The molecule has 5 nitrogen and oxygen atoms in total. The molecule has 1 amide bonds. The van der Waals surface area contributed by atoms with Crippen LogP contribution in [0.2, 0.25) is 0 Å². The number of benzene rings is 4. The fourth-order valence-corrected chi connectivity index (χ4v) is 6.39. The number of hydrogen-bond acceptors (Lipinski definition) is 4. The zero-order chi connectivity index (χ0) is 26.6. The maximum atomic E-state index is 14.1. The van der Waals surface area contributed by atoms with E-state index in [1.807, 2.05) is 74.5 Å². The number of likely N-dealkylation sites (N-methyl/N-ethyl adjacent to an activating group) is 1. The molecule has 4 aromatic rings. The first-order valence-electron chi connectivity index (χ1n) is 12.1. The number of amides is 1. The van der Waals surface area contributed by atoms with E-state index in [-0.39, 0.29) is 16.9 Å². The van der Waals surface area contributed by atoms with Crippen LogP contribution in [0.15, 0.2) is 108 Å². The normalized spacial score (nSPS) is 13.9. The number of carbonyl (C=O) groups is 2. The predicted molar refractivity (Wildman–Crippen MR) is 145 cm³/mol. The molecule has 0 saturated heterocycles. The van der Waals surface area contributed by atoms with E-state index in [9.17, 15) is 18.0 Å². The van der Waals surface area contributed by atoms with Crippen molar-refractivity contribution in [2.75, 3.05) is 7.05 Å². The first-order chi connectivity index (χ1) is 17.7. The third kappa shape index (κ3) is 5.17. The quantitative estimate of drug-likeness (QED) is 0.222. The van der Waals surface area contributed by atoms with E-state index in [2.05, 4.69) is 0 Å². The van der Waals surface area contributed by atoms with Gasteiger partial charge in [0.25, 0.3) is 0 Å². The van der Waals surface area contributed by atoms with Crippen LogP contribution in [0.5, 0.6) is 0 Å². The van der Waals surface area contributed by atoms with E-state index < -0.39 is 25.9 Å². The van der Waals surface area contributed by atoms with Crippen LogP contribution in [0.1, 0.15) is 27.0 Å². The summed E-state index contributed by atoms with van der Waals surface area (Å²) in [7, 11) is -2.97. The van der Waals surface area contributed by atoms with E-state index in [0.717, 1.165) is 27.8 Å². The van der Waals surface area contributed by atoms with Gasteiger partial charge in [-0.05, 0) is 65.9 Å². The Hall–Kier alpha value is -3.87. The molecule has 0 spiro atoms. The van der Waals surface area contributed by atoms with Gasteiger partial charge in [0.05, 0.1) is 12.6 Å². The highest BCUT2D eigenvalue weighted by molar-refractivity contribution is 7.86. The zero-order valence-corrected chi connectivity index (χ0v) is 22.0. The monoisotopic (exact) mass is 512 g/mol. The Labute approximate surface area is 218 Å². The van der Waals surface area contributed by atoms with Gasteiger partial charge in [0, 0.05) is 6.42 Å². The van der Waals surface area contributed by atoms with E-state index in [1.165, 1.54) is 19.2 Å². The van der Waals surface area contributed by atoms with E-state index >= 15 is 0 Å². The van der Waals surface area contributed by atoms with Gasteiger partial charge < -0.3 is 0 Å². The van der Waals surface area contributed by atoms with Gasteiger partial charge in [0.2, 0.25) is 0 Å². The van der Waals surface area contributed by atoms with Gasteiger partial charge in [-0.15, -0.1) is 3.89 Å². The molecule has 1 unspecified atom stereocenters. The Morgan fingerprint density at radius 1 is 0.784 bits per heavy atom. The number of aryl methyl sites for hydroxylation is 2. The van der Waals surface area contributed by atoms with Gasteiger partial charge in [-0.3, -0.25) is 4.79 Å². The fraction of sp³-hybridized carbons (Fsp3) is 0.161. The molecule has 0 bridgehead atoms. The first kappa shape index (κ1) is 26.2. The lowest BCUT2D eigenvalue weighted by Crippen LogP contribution is -2.61. The van der Waals surface area contributed by atoms with E-state index in [4.69, 9.17) is 0 Å². The number of rotatable bonds is 8. The van der Waals surface area contributed by atoms with Crippen LogP contribution < -0.4 is 0 Å². The van der Waals surface area contributed by atoms with Gasteiger partial charge in [-0.2, -0.15) is 8.42 Å². The van der Waals surface area contributed by atoms with Gasteiger partial charge in [0.15, 0.2) is 12.3 Å². The average Bonchev–Trinajstić information content (AvgIpc) is 2.91. The number of aldehydes is 1. The van der Waals surface area contributed by atoms with Crippen LogP contribution in [0.3, 0.4) is 0 Å². The number of carbonyl (C=O) groups excluding carboxylic acids is 2. The molecule has 0 aromatic heterocycles. The van der Waals surface area contributed by atoms with Gasteiger partial charge in [-0.25, -0.2) is 4.79 Å². The maximum absolute atomic E-state index is 14.1. The summed E-state index contributed by atoms with van der Waals surface area (Å²) in [6.07, 6.45) is 0.670. The number of sulfonamides is 1. The largest absolute Gasteiger partial charge is 0.361 e. The minimum atomic E-state index is -4.30. The van der Waals surface area contributed by atoms with Crippen molar-refractivity contribution >= 4 is 22.2 Å². The second-order valence-corrected chi connectivity index (χ2v) is 11.6. The third-order valence-corrected chi connectivity index (χ3v) is 9.01. The summed E-state index contributed by atoms with van der Waals surface area (Å²) in [5.41, 5.74) is 4.76. The molecule has 0 heterocycles. The molecular weight excluding hydrogens is 482 g/mol. The van der Waals surface area contributed by atoms with Gasteiger partial charge in [-0.1, -0.05) is 78.9 Å². The van der Waals surface area contributed by atoms with Crippen molar-refractivity contribution in [2.24, 2.45) is 0 Å². The molecule has 0 N–H and O–H groups in total. The Morgan fingerprint density at radius 3 is 1.84 bits per heavy atom. The summed E-state index contributed by atoms with van der Waals surface area (Å²) in [6, 6.07) is 29.4. The van der Waals surface area contributed by atoms with Crippen LogP contribution in [-0.2, 0) is 21.2 Å². The smallest absolute Gasteiger partial charge is 0.297 e. The summed E-state index contributed by atoms with van der Waals surface area (Å²) >= 11 is 0. The molecule has 0 radical (unpaired) electrons. The first-order valence-corrected chi connectivity index (χ1v) is 13.5. The summed E-state index contributed by atoms with van der Waals surface area (Å²) in [5.74, 6) is -0.645. The molecule has 37 heavy (non-hydrogen) atoms. The summed E-state index contributed by atoms with van der Waals surface area (Å²) in [6.45, 7) is 3.70. The average molecular weight is 513 g/mol. The zero-order valence-electron chi connectivity index (χ0n) is 21.2. The van der Waals surface area contributed by atoms with E-state index in [0.29, 0.717) is 6.29 Å². The Balaban J connectivity index is 1.79. The lowest BCUT2D eigenvalue weighted by Gasteiger charge is -2.35. The second kappa shape index (κ2) is 10.6. The van der Waals surface area contributed by atoms with Crippen molar-refractivity contribution in [1.82, 2.24) is 0 Å². The van der Waals surface area contributed by atoms with E-state index in [1.54, 1.807) is 30.3 Å². The SMILES string of the molecule is Cc1cc(C)cc(C(=O)[N+](C)([C@H](C=O)Cc2ccc(-c3ccccc3)cc2)S(=O)(=O)c2ccccc2)c1. The standard InChI is InChI=1S/C31H30NO4S/c1-23-18-24(2)20-28(19-23)31(34)32(3,37(35,36)30-12-8-5-9-13-30)29(22-33)21-25-14-16-27(17-15-25)26-10-6-4-7-11-26/h4-20,22,29H,21H2,1-3H3/q+1/t29-,32?/m0/s1. The van der Waals surface area contributed by atoms with Crippen LogP contribution in [0, 0.1) is 13.8 Å². The molecule has 2 atom stereocenters. The number of hydrogen-bond donors (Lipinski definition) is 0. The predicted octanol–water partition coefficient (Wildman–Crippen LogP) is 5.76. The van der Waals surface area contributed by atoms with Crippen LogP contribution in [0.25, 0.3) is 11.1 Å². The molecule has 0 fully saturated rings. The number of nitrogens with zero attached hydrogens (tertiary/aromatic N) is 1. The maximum Gasteiger partial charge on any atom is 0.361 e. The Morgan fingerprint density at radius 2 is 1.30 bits per heavy atom. The fourth-order valence-electron chi connectivity index (χ4n) is 4.65. The van der Waals surface area contributed by atoms with Crippen LogP contribution in [0.4, 0.5) is 0 Å². The summed E-state index contributed by atoms with van der Waals surface area (Å²) in [4.78, 5) is 26.6. The molecule has 4 aromatic carbocycles. The molecule has 0 aliphatic heterocycles. The minimum absolute atomic E-state index is 0.0125. The highest BCUT2D eigenvalue weighted by atomic mass is 32.2. The van der Waals surface area contributed by atoms with Crippen molar-refractivity contribution < 1.29 is 21.9 Å².